The molecule has 5 nitrogen and oxygen atoms in total. The third-order valence-electron chi connectivity index (χ3n) is 4.28. The van der Waals surface area contributed by atoms with Crippen molar-refractivity contribution in [1.29, 1.82) is 0 Å². The molecule has 2 aromatic rings. The van der Waals surface area contributed by atoms with E-state index in [4.69, 9.17) is 17.0 Å². The van der Waals surface area contributed by atoms with E-state index in [0.717, 1.165) is 15.8 Å². The van der Waals surface area contributed by atoms with Crippen LogP contribution >= 0.6 is 39.9 Å². The quantitative estimate of drug-likeness (QED) is 0.381. The number of halogens is 1. The number of thioether (sulfide) groups is 1. The van der Waals surface area contributed by atoms with Crippen LogP contribution in [-0.2, 0) is 9.59 Å². The van der Waals surface area contributed by atoms with E-state index >= 15 is 0 Å². The Kier molecular flexibility index (Phi) is 8.07. The molecule has 156 valence electrons. The Hall–Kier alpha value is -2.16. The molecule has 8 heteroatoms. The van der Waals surface area contributed by atoms with E-state index in [1.54, 1.807) is 17.0 Å². The average molecular weight is 505 g/mol. The second-order valence-corrected chi connectivity index (χ2v) is 9.09. The van der Waals surface area contributed by atoms with Crippen molar-refractivity contribution in [3.05, 3.63) is 63.5 Å². The third-order valence-corrected chi connectivity index (χ3v) is 6.18. The van der Waals surface area contributed by atoms with Gasteiger partial charge < -0.3 is 10.1 Å². The Bertz CT molecular complexity index is 959. The third kappa shape index (κ3) is 6.17. The first-order valence-corrected chi connectivity index (χ1v) is 11.5. The molecule has 0 spiro atoms. The number of hydrogen-bond donors (Lipinski definition) is 1. The van der Waals surface area contributed by atoms with Crippen LogP contribution in [0.3, 0.4) is 0 Å². The molecule has 0 atom stereocenters. The highest BCUT2D eigenvalue weighted by atomic mass is 79.9. The summed E-state index contributed by atoms with van der Waals surface area (Å²) in [5.74, 6) is 0.552. The molecule has 0 aliphatic carbocycles. The van der Waals surface area contributed by atoms with Crippen molar-refractivity contribution in [1.82, 2.24) is 4.90 Å². The average Bonchev–Trinajstić information content (AvgIpc) is 2.99. The van der Waals surface area contributed by atoms with Crippen LogP contribution in [0.5, 0.6) is 5.75 Å². The minimum absolute atomic E-state index is 0.102. The molecule has 3 rings (SSSR count). The molecule has 1 N–H and O–H groups in total. The molecule has 0 bridgehead atoms. The van der Waals surface area contributed by atoms with Gasteiger partial charge in [-0.2, -0.15) is 0 Å². The zero-order valence-corrected chi connectivity index (χ0v) is 19.6. The summed E-state index contributed by atoms with van der Waals surface area (Å²) in [6, 6.07) is 15.0. The van der Waals surface area contributed by atoms with Gasteiger partial charge in [-0.1, -0.05) is 52.0 Å². The van der Waals surface area contributed by atoms with Crippen LogP contribution in [0.25, 0.3) is 6.08 Å². The molecule has 0 radical (unpaired) electrons. The second-order valence-electron chi connectivity index (χ2n) is 6.49. The number of thiocarbonyl (C=S) groups is 1. The zero-order chi connectivity index (χ0) is 21.5. The Morgan fingerprint density at radius 2 is 1.90 bits per heavy atom. The highest BCUT2D eigenvalue weighted by Gasteiger charge is 2.31. The van der Waals surface area contributed by atoms with Crippen LogP contribution in [0.4, 0.5) is 5.69 Å². The van der Waals surface area contributed by atoms with Gasteiger partial charge in [-0.15, -0.1) is 0 Å². The lowest BCUT2D eigenvalue weighted by Gasteiger charge is -2.14. The van der Waals surface area contributed by atoms with Crippen LogP contribution in [0.1, 0.15) is 25.3 Å². The Morgan fingerprint density at radius 3 is 2.57 bits per heavy atom. The van der Waals surface area contributed by atoms with Gasteiger partial charge in [0.15, 0.2) is 0 Å². The summed E-state index contributed by atoms with van der Waals surface area (Å²) < 4.78 is 6.89. The van der Waals surface area contributed by atoms with E-state index in [-0.39, 0.29) is 11.8 Å². The van der Waals surface area contributed by atoms with Crippen LogP contribution in [0.2, 0.25) is 0 Å². The maximum atomic E-state index is 12.7. The Labute approximate surface area is 194 Å². The van der Waals surface area contributed by atoms with Crippen LogP contribution in [0, 0.1) is 0 Å². The lowest BCUT2D eigenvalue weighted by molar-refractivity contribution is -0.122. The molecule has 30 heavy (non-hydrogen) atoms. The number of benzene rings is 2. The lowest BCUT2D eigenvalue weighted by Crippen LogP contribution is -2.29. The van der Waals surface area contributed by atoms with Crippen LogP contribution in [-0.4, -0.2) is 34.2 Å². The summed E-state index contributed by atoms with van der Waals surface area (Å²) in [6.45, 7) is 2.94. The monoisotopic (exact) mass is 504 g/mol. The van der Waals surface area contributed by atoms with E-state index < -0.39 is 0 Å². The van der Waals surface area contributed by atoms with Crippen LogP contribution in [0.15, 0.2) is 57.9 Å². The predicted molar refractivity (Wildman–Crippen MR) is 129 cm³/mol. The maximum Gasteiger partial charge on any atom is 0.266 e. The molecule has 2 aromatic carbocycles. The highest BCUT2D eigenvalue weighted by molar-refractivity contribution is 9.10. The minimum Gasteiger partial charge on any atom is -0.494 e. The van der Waals surface area contributed by atoms with Gasteiger partial charge in [-0.05, 0) is 61.4 Å². The number of carbonyl (C=O) groups excluding carboxylic acids is 2. The van der Waals surface area contributed by atoms with Gasteiger partial charge in [0.05, 0.1) is 11.5 Å². The van der Waals surface area contributed by atoms with E-state index in [9.17, 15) is 9.59 Å². The van der Waals surface area contributed by atoms with E-state index in [1.165, 1.54) is 11.8 Å². The molecule has 0 unspecified atom stereocenters. The van der Waals surface area contributed by atoms with Gasteiger partial charge in [0.2, 0.25) is 5.91 Å². The number of nitrogens with zero attached hydrogens (tertiary/aromatic N) is 1. The summed E-state index contributed by atoms with van der Waals surface area (Å²) in [5.41, 5.74) is 1.65. The van der Waals surface area contributed by atoms with Gasteiger partial charge in [0.25, 0.3) is 5.91 Å². The normalized spacial score (nSPS) is 15.0. The van der Waals surface area contributed by atoms with Crippen molar-refractivity contribution in [3.8, 4) is 5.75 Å². The van der Waals surface area contributed by atoms with Crippen molar-refractivity contribution in [2.24, 2.45) is 0 Å². The first kappa shape index (κ1) is 22.5. The number of anilines is 1. The minimum atomic E-state index is -0.111. The smallest absolute Gasteiger partial charge is 0.266 e. The molecular formula is C22H21BrN2O3S2. The van der Waals surface area contributed by atoms with Gasteiger partial charge in [-0.25, -0.2) is 0 Å². The van der Waals surface area contributed by atoms with Crippen molar-refractivity contribution in [3.63, 3.8) is 0 Å². The second kappa shape index (κ2) is 10.7. The fourth-order valence-corrected chi connectivity index (χ4v) is 4.40. The summed E-state index contributed by atoms with van der Waals surface area (Å²) in [5, 5.41) is 2.85. The van der Waals surface area contributed by atoms with Crippen molar-refractivity contribution in [2.45, 2.75) is 19.8 Å². The number of hydrogen-bond acceptors (Lipinski definition) is 5. The number of carbonyl (C=O) groups is 2. The van der Waals surface area contributed by atoms with E-state index in [1.807, 2.05) is 49.4 Å². The Morgan fingerprint density at radius 1 is 1.20 bits per heavy atom. The van der Waals surface area contributed by atoms with Crippen LogP contribution < -0.4 is 10.1 Å². The fraction of sp³-hybridized carbons (Fsp3) is 0.227. The largest absolute Gasteiger partial charge is 0.494 e. The molecule has 0 aromatic heterocycles. The number of amides is 2. The highest BCUT2D eigenvalue weighted by Crippen LogP contribution is 2.32. The van der Waals surface area contributed by atoms with E-state index in [0.29, 0.717) is 40.9 Å². The zero-order valence-electron chi connectivity index (χ0n) is 16.4. The van der Waals surface area contributed by atoms with Gasteiger partial charge >= 0.3 is 0 Å². The number of rotatable bonds is 8. The molecule has 1 heterocycles. The molecule has 2 amide bonds. The summed E-state index contributed by atoms with van der Waals surface area (Å²) in [4.78, 5) is 27.0. The topological polar surface area (TPSA) is 58.6 Å². The number of ether oxygens (including phenoxy) is 1. The molecule has 1 fully saturated rings. The lowest BCUT2D eigenvalue weighted by atomic mass is 10.2. The first-order valence-electron chi connectivity index (χ1n) is 9.50. The predicted octanol–water partition coefficient (Wildman–Crippen LogP) is 5.47. The van der Waals surface area contributed by atoms with Gasteiger partial charge in [0.1, 0.15) is 10.1 Å². The number of nitrogens with one attached hydrogen (secondary N) is 1. The first-order chi connectivity index (χ1) is 14.5. The SMILES string of the molecule is CCOc1ccc(NC(=O)CCCN2C(=O)/C(=C/c3ccc(Br)cc3)SC2=S)cc1. The van der Waals surface area contributed by atoms with Gasteiger partial charge in [-0.3, -0.25) is 14.5 Å². The summed E-state index contributed by atoms with van der Waals surface area (Å²) in [6.07, 6.45) is 2.67. The summed E-state index contributed by atoms with van der Waals surface area (Å²) in [7, 11) is 0. The van der Waals surface area contributed by atoms with Gasteiger partial charge in [0, 0.05) is 23.1 Å². The van der Waals surface area contributed by atoms with E-state index in [2.05, 4.69) is 21.2 Å². The van der Waals surface area contributed by atoms with Crippen molar-refractivity contribution in [2.75, 3.05) is 18.5 Å². The fourth-order valence-electron chi connectivity index (χ4n) is 2.83. The standard InChI is InChI=1S/C22H21BrN2O3S2/c1-2-28-18-11-9-17(10-12-18)24-20(26)4-3-13-25-21(27)19(30-22(25)29)14-15-5-7-16(23)8-6-15/h5-12,14H,2-4,13H2,1H3,(H,24,26)/b19-14-. The van der Waals surface area contributed by atoms with Crippen molar-refractivity contribution >= 4 is 67.8 Å². The molecule has 0 saturated carbocycles. The molecule has 1 aliphatic heterocycles. The molecule has 1 saturated heterocycles. The molecular weight excluding hydrogens is 484 g/mol. The Balaban J connectivity index is 1.49. The summed E-state index contributed by atoms with van der Waals surface area (Å²) >= 11 is 10.0. The maximum absolute atomic E-state index is 12.7. The van der Waals surface area contributed by atoms with Crippen molar-refractivity contribution < 1.29 is 14.3 Å². The molecule has 1 aliphatic rings.